The summed E-state index contributed by atoms with van der Waals surface area (Å²) in [6.45, 7) is 3.65. The molecular formula is C15H23NO4S. The Morgan fingerprint density at radius 2 is 2.10 bits per heavy atom. The van der Waals surface area contributed by atoms with Crippen molar-refractivity contribution in [3.63, 3.8) is 0 Å². The smallest absolute Gasteiger partial charge is 0.244 e. The monoisotopic (exact) mass is 313 g/mol. The molecule has 1 unspecified atom stereocenters. The Labute approximate surface area is 126 Å². The molecule has 118 valence electrons. The number of benzene rings is 1. The molecule has 21 heavy (non-hydrogen) atoms. The Morgan fingerprint density at radius 1 is 1.43 bits per heavy atom. The SMILES string of the molecule is CCc1ccc(OC)c(S(=O)(=O)NCC(C)(O)C2CC2)c1. The van der Waals surface area contributed by atoms with Gasteiger partial charge in [-0.15, -0.1) is 0 Å². The van der Waals surface area contributed by atoms with Crippen molar-refractivity contribution in [3.8, 4) is 5.75 Å². The summed E-state index contributed by atoms with van der Waals surface area (Å²) in [4.78, 5) is 0.121. The van der Waals surface area contributed by atoms with Gasteiger partial charge < -0.3 is 9.84 Å². The molecule has 0 spiro atoms. The van der Waals surface area contributed by atoms with Crippen LogP contribution in [0.5, 0.6) is 5.75 Å². The molecule has 0 amide bonds. The summed E-state index contributed by atoms with van der Waals surface area (Å²) in [6.07, 6.45) is 2.64. The highest BCUT2D eigenvalue weighted by atomic mass is 32.2. The van der Waals surface area contributed by atoms with Crippen molar-refractivity contribution in [3.05, 3.63) is 23.8 Å². The summed E-state index contributed by atoms with van der Waals surface area (Å²) < 4.78 is 32.6. The van der Waals surface area contributed by atoms with Crippen LogP contribution in [-0.2, 0) is 16.4 Å². The predicted octanol–water partition coefficient (Wildman–Crippen LogP) is 1.70. The molecule has 1 atom stereocenters. The standard InChI is InChI=1S/C15H23NO4S/c1-4-11-5-8-13(20-3)14(9-11)21(18,19)16-10-15(2,17)12-6-7-12/h5,8-9,12,16-17H,4,6-7,10H2,1-3H3. The number of hydrogen-bond donors (Lipinski definition) is 2. The first kappa shape index (κ1) is 16.3. The van der Waals surface area contributed by atoms with E-state index in [-0.39, 0.29) is 17.4 Å². The van der Waals surface area contributed by atoms with Gasteiger partial charge in [0.05, 0.1) is 12.7 Å². The molecule has 0 aliphatic heterocycles. The Balaban J connectivity index is 2.22. The molecule has 0 aromatic heterocycles. The number of aryl methyl sites for hydroxylation is 1. The van der Waals surface area contributed by atoms with E-state index in [1.54, 1.807) is 19.1 Å². The van der Waals surface area contributed by atoms with Gasteiger partial charge in [0, 0.05) is 6.54 Å². The van der Waals surface area contributed by atoms with Crippen molar-refractivity contribution in [1.29, 1.82) is 0 Å². The van der Waals surface area contributed by atoms with E-state index in [0.717, 1.165) is 24.8 Å². The molecule has 5 nitrogen and oxygen atoms in total. The van der Waals surface area contributed by atoms with Crippen LogP contribution in [0, 0.1) is 5.92 Å². The van der Waals surface area contributed by atoms with Gasteiger partial charge in [0.1, 0.15) is 10.6 Å². The Kier molecular flexibility index (Phi) is 4.60. The molecule has 2 N–H and O–H groups in total. The maximum absolute atomic E-state index is 12.5. The van der Waals surface area contributed by atoms with Crippen LogP contribution in [0.4, 0.5) is 0 Å². The lowest BCUT2D eigenvalue weighted by atomic mass is 10.0. The van der Waals surface area contributed by atoms with Gasteiger partial charge in [-0.25, -0.2) is 13.1 Å². The molecule has 0 saturated heterocycles. The number of methoxy groups -OCH3 is 1. The summed E-state index contributed by atoms with van der Waals surface area (Å²) in [5, 5.41) is 10.2. The van der Waals surface area contributed by atoms with Gasteiger partial charge in [-0.1, -0.05) is 13.0 Å². The average molecular weight is 313 g/mol. The molecule has 1 aromatic carbocycles. The molecule has 0 heterocycles. The molecule has 1 aliphatic rings. The van der Waals surface area contributed by atoms with E-state index in [9.17, 15) is 13.5 Å². The van der Waals surface area contributed by atoms with Gasteiger partial charge in [0.25, 0.3) is 0 Å². The third kappa shape index (κ3) is 3.75. The van der Waals surface area contributed by atoms with Gasteiger partial charge in [0.15, 0.2) is 0 Å². The minimum atomic E-state index is -3.71. The molecule has 0 bridgehead atoms. The van der Waals surface area contributed by atoms with Gasteiger partial charge in [0.2, 0.25) is 10.0 Å². The van der Waals surface area contributed by atoms with Crippen LogP contribution in [0.2, 0.25) is 0 Å². The quantitative estimate of drug-likeness (QED) is 0.803. The van der Waals surface area contributed by atoms with E-state index in [1.807, 2.05) is 13.0 Å². The van der Waals surface area contributed by atoms with Crippen molar-refractivity contribution >= 4 is 10.0 Å². The van der Waals surface area contributed by atoms with Crippen molar-refractivity contribution in [2.75, 3.05) is 13.7 Å². The number of sulfonamides is 1. The number of ether oxygens (including phenoxy) is 1. The fraction of sp³-hybridized carbons (Fsp3) is 0.600. The highest BCUT2D eigenvalue weighted by Crippen LogP contribution is 2.39. The number of nitrogens with one attached hydrogen (secondary N) is 1. The van der Waals surface area contributed by atoms with E-state index >= 15 is 0 Å². The fourth-order valence-corrected chi connectivity index (χ4v) is 3.68. The zero-order valence-corrected chi connectivity index (χ0v) is 13.5. The van der Waals surface area contributed by atoms with Crippen molar-refractivity contribution in [1.82, 2.24) is 4.72 Å². The topological polar surface area (TPSA) is 75.6 Å². The molecule has 2 rings (SSSR count). The van der Waals surface area contributed by atoms with Crippen molar-refractivity contribution in [2.24, 2.45) is 5.92 Å². The van der Waals surface area contributed by atoms with Gasteiger partial charge in [-0.2, -0.15) is 0 Å². The minimum absolute atomic E-state index is 0.0134. The highest BCUT2D eigenvalue weighted by molar-refractivity contribution is 7.89. The number of hydrogen-bond acceptors (Lipinski definition) is 4. The average Bonchev–Trinajstić information content (AvgIpc) is 3.30. The van der Waals surface area contributed by atoms with Crippen LogP contribution in [0.25, 0.3) is 0 Å². The minimum Gasteiger partial charge on any atom is -0.495 e. The zero-order valence-electron chi connectivity index (χ0n) is 12.7. The molecule has 0 radical (unpaired) electrons. The maximum atomic E-state index is 12.5. The van der Waals surface area contributed by atoms with Crippen molar-refractivity contribution < 1.29 is 18.3 Å². The summed E-state index contributed by atoms with van der Waals surface area (Å²) >= 11 is 0. The summed E-state index contributed by atoms with van der Waals surface area (Å²) in [7, 11) is -2.26. The largest absolute Gasteiger partial charge is 0.495 e. The van der Waals surface area contributed by atoms with Crippen LogP contribution < -0.4 is 9.46 Å². The summed E-state index contributed by atoms with van der Waals surface area (Å²) in [5.41, 5.74) is -0.0759. The van der Waals surface area contributed by atoms with E-state index in [1.165, 1.54) is 7.11 Å². The second-order valence-electron chi connectivity index (χ2n) is 5.79. The predicted molar refractivity (Wildman–Crippen MR) is 80.9 cm³/mol. The zero-order chi connectivity index (χ0) is 15.7. The van der Waals surface area contributed by atoms with Crippen LogP contribution >= 0.6 is 0 Å². The van der Waals surface area contributed by atoms with E-state index in [2.05, 4.69) is 4.72 Å². The lowest BCUT2D eigenvalue weighted by Crippen LogP contribution is -2.42. The van der Waals surface area contributed by atoms with E-state index < -0.39 is 15.6 Å². The molecule has 1 aliphatic carbocycles. The lowest BCUT2D eigenvalue weighted by molar-refractivity contribution is 0.0422. The van der Waals surface area contributed by atoms with Crippen LogP contribution in [0.3, 0.4) is 0 Å². The Bertz CT molecular complexity index is 606. The highest BCUT2D eigenvalue weighted by Gasteiger charge is 2.40. The first-order valence-corrected chi connectivity index (χ1v) is 8.67. The van der Waals surface area contributed by atoms with Gasteiger partial charge in [-0.05, 0) is 49.8 Å². The molecule has 1 saturated carbocycles. The summed E-state index contributed by atoms with van der Waals surface area (Å²) in [6, 6.07) is 5.12. The van der Waals surface area contributed by atoms with Gasteiger partial charge in [-0.3, -0.25) is 0 Å². The van der Waals surface area contributed by atoms with Gasteiger partial charge >= 0.3 is 0 Å². The number of aliphatic hydroxyl groups is 1. The maximum Gasteiger partial charge on any atom is 0.244 e. The first-order valence-electron chi connectivity index (χ1n) is 7.19. The lowest BCUT2D eigenvalue weighted by Gasteiger charge is -2.23. The second kappa shape index (κ2) is 5.94. The first-order chi connectivity index (χ1) is 9.80. The normalized spacial score (nSPS) is 18.3. The molecular weight excluding hydrogens is 290 g/mol. The van der Waals surface area contributed by atoms with Crippen molar-refractivity contribution in [2.45, 2.75) is 43.6 Å². The third-order valence-electron chi connectivity index (χ3n) is 4.00. The van der Waals surface area contributed by atoms with E-state index in [0.29, 0.717) is 5.75 Å². The molecule has 6 heteroatoms. The molecule has 1 aromatic rings. The Morgan fingerprint density at radius 3 is 2.62 bits per heavy atom. The fourth-order valence-electron chi connectivity index (χ4n) is 2.32. The third-order valence-corrected chi connectivity index (χ3v) is 5.43. The summed E-state index contributed by atoms with van der Waals surface area (Å²) in [5.74, 6) is 0.495. The number of rotatable bonds is 7. The van der Waals surface area contributed by atoms with Crippen LogP contribution in [-0.4, -0.2) is 32.8 Å². The van der Waals surface area contributed by atoms with Crippen LogP contribution in [0.1, 0.15) is 32.3 Å². The second-order valence-corrected chi connectivity index (χ2v) is 7.53. The molecule has 1 fully saturated rings. The van der Waals surface area contributed by atoms with E-state index in [4.69, 9.17) is 4.74 Å². The Hall–Kier alpha value is -1.11. The van der Waals surface area contributed by atoms with Crippen LogP contribution in [0.15, 0.2) is 23.1 Å².